The molecule has 0 aromatic heterocycles. The molecule has 4 aliphatic carbocycles. The average molecular weight is 357 g/mol. The fourth-order valence-corrected chi connectivity index (χ4v) is 6.51. The van der Waals surface area contributed by atoms with Crippen LogP contribution >= 0.6 is 0 Å². The van der Waals surface area contributed by atoms with Gasteiger partial charge in [0.05, 0.1) is 11.6 Å². The number of carbonyl (C=O) groups excluding carboxylic acids is 1. The summed E-state index contributed by atoms with van der Waals surface area (Å²) in [5.41, 5.74) is 0.525. The Balaban J connectivity index is 1.26. The van der Waals surface area contributed by atoms with Crippen LogP contribution in [0, 0.1) is 17.3 Å². The molecule has 4 fully saturated rings. The molecule has 3 atom stereocenters. The monoisotopic (exact) mass is 357 g/mol. The molecule has 1 aliphatic heterocycles. The number of hydrogen-bond donors (Lipinski definition) is 2. The van der Waals surface area contributed by atoms with Gasteiger partial charge in [-0.25, -0.2) is 0 Å². The molecule has 1 aromatic rings. The third-order valence-corrected chi connectivity index (χ3v) is 6.96. The lowest BCUT2D eigenvalue weighted by Gasteiger charge is -2.60. The molecule has 2 N–H and O–H groups in total. The molecular weight excluding hydrogens is 330 g/mol. The van der Waals surface area contributed by atoms with E-state index in [1.165, 1.54) is 6.42 Å². The summed E-state index contributed by atoms with van der Waals surface area (Å²) in [5.74, 6) is 2.82. The van der Waals surface area contributed by atoms with Crippen LogP contribution in [0.5, 0.6) is 11.5 Å². The van der Waals surface area contributed by atoms with E-state index in [1.54, 1.807) is 0 Å². The number of aliphatic hydroxyl groups is 1. The van der Waals surface area contributed by atoms with Crippen LogP contribution in [0.4, 0.5) is 0 Å². The van der Waals surface area contributed by atoms with Gasteiger partial charge in [-0.2, -0.15) is 0 Å². The molecule has 0 saturated heterocycles. The Morgan fingerprint density at radius 2 is 1.96 bits per heavy atom. The van der Waals surface area contributed by atoms with Crippen LogP contribution in [-0.2, 0) is 4.79 Å². The summed E-state index contributed by atoms with van der Waals surface area (Å²) < 4.78 is 10.8. The van der Waals surface area contributed by atoms with Gasteiger partial charge in [0.2, 0.25) is 12.7 Å². The van der Waals surface area contributed by atoms with Crippen molar-refractivity contribution >= 4 is 5.91 Å². The Bertz CT molecular complexity index is 732. The van der Waals surface area contributed by atoms with Crippen molar-refractivity contribution in [3.63, 3.8) is 0 Å². The summed E-state index contributed by atoms with van der Waals surface area (Å²) in [6, 6.07) is 5.75. The molecule has 140 valence electrons. The number of carbonyl (C=O) groups is 1. The van der Waals surface area contributed by atoms with E-state index in [4.69, 9.17) is 9.47 Å². The highest BCUT2D eigenvalue weighted by Gasteiger charge is 2.57. The van der Waals surface area contributed by atoms with Crippen LogP contribution in [0.25, 0.3) is 0 Å². The normalized spacial score (nSPS) is 37.6. The van der Waals surface area contributed by atoms with Gasteiger partial charge in [0, 0.05) is 6.42 Å². The molecule has 26 heavy (non-hydrogen) atoms. The van der Waals surface area contributed by atoms with Crippen molar-refractivity contribution in [2.45, 2.75) is 63.5 Å². The van der Waals surface area contributed by atoms with E-state index in [-0.39, 0.29) is 24.2 Å². The number of benzene rings is 1. The van der Waals surface area contributed by atoms with Gasteiger partial charge in [0.1, 0.15) is 0 Å². The summed E-state index contributed by atoms with van der Waals surface area (Å²) >= 11 is 0. The van der Waals surface area contributed by atoms with E-state index in [1.807, 2.05) is 25.1 Å². The first-order valence-electron chi connectivity index (χ1n) is 9.83. The molecule has 0 spiro atoms. The van der Waals surface area contributed by atoms with Crippen molar-refractivity contribution in [3.05, 3.63) is 23.8 Å². The fraction of sp³-hybridized carbons (Fsp3) is 0.667. The van der Waals surface area contributed by atoms with Crippen molar-refractivity contribution in [1.29, 1.82) is 0 Å². The molecule has 1 heterocycles. The third kappa shape index (κ3) is 2.77. The van der Waals surface area contributed by atoms with Crippen LogP contribution < -0.4 is 14.8 Å². The largest absolute Gasteiger partial charge is 0.454 e. The molecule has 5 nitrogen and oxygen atoms in total. The average Bonchev–Trinajstić information content (AvgIpc) is 2.99. The standard InChI is InChI=1S/C21H27NO4/c1-13(16-2-3-17-18(5-16)26-12-25-17)22-19(23)10-20-6-14-4-15(7-20)9-21(24,8-14)11-20/h2-3,5,13-15,24H,4,6-12H2,1H3,(H,22,23). The highest BCUT2D eigenvalue weighted by molar-refractivity contribution is 5.77. The van der Waals surface area contributed by atoms with E-state index in [0.717, 1.165) is 49.2 Å². The summed E-state index contributed by atoms with van der Waals surface area (Å²) in [6.45, 7) is 2.26. The summed E-state index contributed by atoms with van der Waals surface area (Å²) in [4.78, 5) is 12.8. The van der Waals surface area contributed by atoms with Crippen molar-refractivity contribution in [3.8, 4) is 11.5 Å². The maximum atomic E-state index is 12.8. The zero-order chi connectivity index (χ0) is 17.9. The minimum Gasteiger partial charge on any atom is -0.454 e. The number of rotatable bonds is 4. The summed E-state index contributed by atoms with van der Waals surface area (Å²) in [6.07, 6.45) is 6.70. The van der Waals surface area contributed by atoms with Gasteiger partial charge in [-0.1, -0.05) is 6.07 Å². The molecule has 0 radical (unpaired) electrons. The first-order chi connectivity index (χ1) is 12.4. The minimum atomic E-state index is -0.507. The van der Waals surface area contributed by atoms with Gasteiger partial charge < -0.3 is 19.9 Å². The molecule has 5 heteroatoms. The lowest BCUT2D eigenvalue weighted by molar-refractivity contribution is -0.169. The Hall–Kier alpha value is -1.75. The quantitative estimate of drug-likeness (QED) is 0.867. The minimum absolute atomic E-state index is 0.0114. The maximum absolute atomic E-state index is 12.8. The van der Waals surface area contributed by atoms with E-state index in [0.29, 0.717) is 18.3 Å². The summed E-state index contributed by atoms with van der Waals surface area (Å²) in [7, 11) is 0. The van der Waals surface area contributed by atoms with Crippen LogP contribution in [0.2, 0.25) is 0 Å². The predicted octanol–water partition coefficient (Wildman–Crippen LogP) is 3.31. The number of amides is 1. The Kier molecular flexibility index (Phi) is 3.55. The topological polar surface area (TPSA) is 67.8 Å². The molecule has 4 bridgehead atoms. The predicted molar refractivity (Wildman–Crippen MR) is 95.8 cm³/mol. The highest BCUT2D eigenvalue weighted by Crippen LogP contribution is 2.62. The van der Waals surface area contributed by atoms with Crippen molar-refractivity contribution < 1.29 is 19.4 Å². The number of nitrogens with one attached hydrogen (secondary N) is 1. The van der Waals surface area contributed by atoms with Gasteiger partial charge in [0.25, 0.3) is 0 Å². The van der Waals surface area contributed by atoms with Gasteiger partial charge in [-0.3, -0.25) is 4.79 Å². The molecular formula is C21H27NO4. The second-order valence-electron chi connectivity index (χ2n) is 9.26. The van der Waals surface area contributed by atoms with E-state index in [2.05, 4.69) is 5.32 Å². The van der Waals surface area contributed by atoms with Crippen molar-refractivity contribution in [1.82, 2.24) is 5.32 Å². The Labute approximate surface area is 154 Å². The lowest BCUT2D eigenvalue weighted by atomic mass is 9.47. The van der Waals surface area contributed by atoms with Gasteiger partial charge in [-0.05, 0) is 80.4 Å². The first-order valence-corrected chi connectivity index (χ1v) is 9.83. The van der Waals surface area contributed by atoms with E-state index >= 15 is 0 Å². The fourth-order valence-electron chi connectivity index (χ4n) is 6.51. The van der Waals surface area contributed by atoms with Gasteiger partial charge in [-0.15, -0.1) is 0 Å². The maximum Gasteiger partial charge on any atom is 0.231 e. The number of fused-ring (bicyclic) bond motifs is 1. The van der Waals surface area contributed by atoms with Crippen LogP contribution in [-0.4, -0.2) is 23.4 Å². The molecule has 5 aliphatic rings. The second-order valence-corrected chi connectivity index (χ2v) is 9.26. The smallest absolute Gasteiger partial charge is 0.231 e. The second kappa shape index (κ2) is 5.62. The summed E-state index contributed by atoms with van der Waals surface area (Å²) in [5, 5.41) is 14.0. The van der Waals surface area contributed by atoms with E-state index in [9.17, 15) is 9.90 Å². The zero-order valence-electron chi connectivity index (χ0n) is 15.3. The van der Waals surface area contributed by atoms with E-state index < -0.39 is 5.60 Å². The van der Waals surface area contributed by atoms with Crippen LogP contribution in [0.15, 0.2) is 18.2 Å². The third-order valence-electron chi connectivity index (χ3n) is 6.96. The van der Waals surface area contributed by atoms with Crippen LogP contribution in [0.1, 0.15) is 63.5 Å². The number of hydrogen-bond acceptors (Lipinski definition) is 4. The Morgan fingerprint density at radius 3 is 2.69 bits per heavy atom. The van der Waals surface area contributed by atoms with Crippen molar-refractivity contribution in [2.24, 2.45) is 17.3 Å². The number of ether oxygens (including phenoxy) is 2. The lowest BCUT2D eigenvalue weighted by Crippen LogP contribution is -2.56. The first kappa shape index (κ1) is 16.4. The molecule has 6 rings (SSSR count). The molecule has 4 saturated carbocycles. The zero-order valence-corrected chi connectivity index (χ0v) is 15.3. The van der Waals surface area contributed by atoms with Crippen LogP contribution in [0.3, 0.4) is 0 Å². The molecule has 3 unspecified atom stereocenters. The Morgan fingerprint density at radius 1 is 1.23 bits per heavy atom. The van der Waals surface area contributed by atoms with Gasteiger partial charge in [0.15, 0.2) is 11.5 Å². The SMILES string of the molecule is CC(NC(=O)CC12CC3CC(CC(O)(C3)C1)C2)c1ccc2c(c1)OCO2. The highest BCUT2D eigenvalue weighted by atomic mass is 16.7. The molecule has 1 aromatic carbocycles. The van der Waals surface area contributed by atoms with Crippen molar-refractivity contribution in [2.75, 3.05) is 6.79 Å². The molecule has 1 amide bonds. The van der Waals surface area contributed by atoms with Gasteiger partial charge >= 0.3 is 0 Å².